The van der Waals surface area contributed by atoms with E-state index in [2.05, 4.69) is 26.1 Å². The minimum Gasteiger partial charge on any atom is -0.454 e. The van der Waals surface area contributed by atoms with Gasteiger partial charge in [-0.25, -0.2) is 4.98 Å². The van der Waals surface area contributed by atoms with E-state index in [9.17, 15) is 0 Å². The molecule has 3 aromatic heterocycles. The molecule has 0 aliphatic heterocycles. The molecule has 0 spiro atoms. The van der Waals surface area contributed by atoms with Gasteiger partial charge in [0.2, 0.25) is 0 Å². The number of benzene rings is 1. The van der Waals surface area contributed by atoms with Crippen LogP contribution in [0.3, 0.4) is 0 Å². The fraction of sp³-hybridized carbons (Fsp3) is 0.200. The largest absolute Gasteiger partial charge is 0.454 e. The maximum Gasteiger partial charge on any atom is 0.155 e. The van der Waals surface area contributed by atoms with Gasteiger partial charge in [0.1, 0.15) is 22.2 Å². The molecule has 4 rings (SSSR count). The standard InChI is InChI=1S/C20H18BrN3O2/c1-20(2,3)26-23-16-10-19(25-18-7-5-4-6-15(16)18)17-9-14-8-13(21)11-24(14)12-22-17/h4-12H,1-3H3. The Morgan fingerprint density at radius 3 is 2.77 bits per heavy atom. The van der Waals surface area contributed by atoms with Crippen molar-refractivity contribution in [1.82, 2.24) is 9.38 Å². The molecule has 5 nitrogen and oxygen atoms in total. The van der Waals surface area contributed by atoms with Crippen LogP contribution < -0.4 is 5.36 Å². The van der Waals surface area contributed by atoms with E-state index in [1.165, 1.54) is 0 Å². The summed E-state index contributed by atoms with van der Waals surface area (Å²) in [7, 11) is 0. The minimum atomic E-state index is -0.371. The highest BCUT2D eigenvalue weighted by Crippen LogP contribution is 2.23. The predicted octanol–water partition coefficient (Wildman–Crippen LogP) is 5.14. The number of halogens is 1. The molecule has 0 saturated carbocycles. The van der Waals surface area contributed by atoms with E-state index >= 15 is 0 Å². The van der Waals surface area contributed by atoms with E-state index in [1.807, 2.05) is 73.8 Å². The molecule has 1 aromatic carbocycles. The molecule has 0 unspecified atom stereocenters. The van der Waals surface area contributed by atoms with Gasteiger partial charge in [0, 0.05) is 27.6 Å². The highest BCUT2D eigenvalue weighted by atomic mass is 79.9. The lowest BCUT2D eigenvalue weighted by Crippen LogP contribution is -2.18. The van der Waals surface area contributed by atoms with Crippen LogP contribution in [0.2, 0.25) is 0 Å². The van der Waals surface area contributed by atoms with E-state index in [0.29, 0.717) is 5.76 Å². The molecule has 0 saturated heterocycles. The zero-order valence-corrected chi connectivity index (χ0v) is 16.3. The molecule has 0 aliphatic carbocycles. The van der Waals surface area contributed by atoms with Gasteiger partial charge in [0.05, 0.1) is 6.33 Å². The van der Waals surface area contributed by atoms with Crippen molar-refractivity contribution in [3.8, 4) is 11.5 Å². The second kappa shape index (κ2) is 6.29. The number of hydrogen-bond acceptors (Lipinski definition) is 4. The van der Waals surface area contributed by atoms with Crippen molar-refractivity contribution in [3.63, 3.8) is 0 Å². The molecular formula is C20H18BrN3O2. The molecule has 0 amide bonds. The molecule has 0 atom stereocenters. The first-order valence-corrected chi connectivity index (χ1v) is 9.07. The number of rotatable bonds is 2. The number of para-hydroxylation sites is 1. The summed E-state index contributed by atoms with van der Waals surface area (Å²) >= 11 is 3.49. The monoisotopic (exact) mass is 411 g/mol. The maximum atomic E-state index is 6.08. The average molecular weight is 412 g/mol. The molecule has 6 heteroatoms. The Bertz CT molecular complexity index is 1170. The topological polar surface area (TPSA) is 52.0 Å². The summed E-state index contributed by atoms with van der Waals surface area (Å²) in [6, 6.07) is 13.6. The molecule has 0 N–H and O–H groups in total. The van der Waals surface area contributed by atoms with Crippen LogP contribution in [-0.2, 0) is 4.84 Å². The third-order valence-corrected chi connectivity index (χ3v) is 4.21. The number of fused-ring (bicyclic) bond motifs is 2. The van der Waals surface area contributed by atoms with Crippen molar-refractivity contribution in [2.24, 2.45) is 5.16 Å². The summed E-state index contributed by atoms with van der Waals surface area (Å²) in [6.07, 6.45) is 3.73. The van der Waals surface area contributed by atoms with E-state index in [0.717, 1.165) is 32.0 Å². The van der Waals surface area contributed by atoms with E-state index in [4.69, 9.17) is 9.25 Å². The van der Waals surface area contributed by atoms with Gasteiger partial charge in [-0.05, 0) is 61.0 Å². The number of aromatic nitrogens is 2. The molecule has 132 valence electrons. The molecule has 0 aliphatic rings. The fourth-order valence-corrected chi connectivity index (χ4v) is 3.07. The summed E-state index contributed by atoms with van der Waals surface area (Å²) in [5, 5.41) is 5.97. The third kappa shape index (κ3) is 3.37. The first kappa shape index (κ1) is 16.8. The smallest absolute Gasteiger partial charge is 0.155 e. The number of hydrogen-bond donors (Lipinski definition) is 0. The quantitative estimate of drug-likeness (QED) is 0.429. The van der Waals surface area contributed by atoms with Crippen molar-refractivity contribution >= 4 is 32.4 Å². The van der Waals surface area contributed by atoms with Gasteiger partial charge in [-0.3, -0.25) is 0 Å². The molecule has 3 heterocycles. The lowest BCUT2D eigenvalue weighted by molar-refractivity contribution is -0.00585. The van der Waals surface area contributed by atoms with Crippen LogP contribution in [-0.4, -0.2) is 15.0 Å². The normalized spacial score (nSPS) is 12.8. The van der Waals surface area contributed by atoms with Crippen LogP contribution in [0.15, 0.2) is 69.0 Å². The highest BCUT2D eigenvalue weighted by Gasteiger charge is 2.12. The lowest BCUT2D eigenvalue weighted by Gasteiger charge is -2.15. The SMILES string of the molecule is CC(C)(C)ON=c1cc(-c2cc3cc(Br)cn3cn2)oc2ccccc12. The van der Waals surface area contributed by atoms with E-state index < -0.39 is 0 Å². The Hall–Kier alpha value is -2.60. The van der Waals surface area contributed by atoms with Crippen molar-refractivity contribution in [3.05, 3.63) is 64.8 Å². The van der Waals surface area contributed by atoms with Gasteiger partial charge >= 0.3 is 0 Å². The molecular weight excluding hydrogens is 394 g/mol. The second-order valence-corrected chi connectivity index (χ2v) is 7.97. The van der Waals surface area contributed by atoms with Gasteiger partial charge in [-0.2, -0.15) is 0 Å². The highest BCUT2D eigenvalue weighted by molar-refractivity contribution is 9.10. The Kier molecular flexibility index (Phi) is 4.07. The zero-order chi connectivity index (χ0) is 18.3. The summed E-state index contributed by atoms with van der Waals surface area (Å²) in [6.45, 7) is 5.90. The molecule has 0 bridgehead atoms. The van der Waals surface area contributed by atoms with Crippen LogP contribution in [0.1, 0.15) is 20.8 Å². The Balaban J connectivity index is 1.91. The van der Waals surface area contributed by atoms with Crippen molar-refractivity contribution < 1.29 is 9.25 Å². The third-order valence-electron chi connectivity index (χ3n) is 3.77. The van der Waals surface area contributed by atoms with E-state index in [1.54, 1.807) is 6.33 Å². The van der Waals surface area contributed by atoms with Gasteiger partial charge < -0.3 is 13.7 Å². The summed E-state index contributed by atoms with van der Waals surface area (Å²) in [5.41, 5.74) is 2.12. The Morgan fingerprint density at radius 2 is 1.96 bits per heavy atom. The molecule has 0 fully saturated rings. The Morgan fingerprint density at radius 1 is 1.15 bits per heavy atom. The zero-order valence-electron chi connectivity index (χ0n) is 14.7. The van der Waals surface area contributed by atoms with E-state index in [-0.39, 0.29) is 5.60 Å². The van der Waals surface area contributed by atoms with Gasteiger partial charge in [-0.1, -0.05) is 17.3 Å². The van der Waals surface area contributed by atoms with Crippen molar-refractivity contribution in [1.29, 1.82) is 0 Å². The molecule has 4 aromatic rings. The lowest BCUT2D eigenvalue weighted by atomic mass is 10.2. The first-order valence-electron chi connectivity index (χ1n) is 8.28. The van der Waals surface area contributed by atoms with Crippen molar-refractivity contribution in [2.45, 2.75) is 26.4 Å². The van der Waals surface area contributed by atoms with Crippen LogP contribution >= 0.6 is 15.9 Å². The van der Waals surface area contributed by atoms with Gasteiger partial charge in [0.15, 0.2) is 5.76 Å². The van der Waals surface area contributed by atoms with Crippen LogP contribution in [0.5, 0.6) is 0 Å². The maximum absolute atomic E-state index is 6.08. The van der Waals surface area contributed by atoms with Crippen LogP contribution in [0.25, 0.3) is 27.9 Å². The second-order valence-electron chi connectivity index (χ2n) is 7.05. The van der Waals surface area contributed by atoms with Crippen molar-refractivity contribution in [2.75, 3.05) is 0 Å². The van der Waals surface area contributed by atoms with Gasteiger partial charge in [0.25, 0.3) is 0 Å². The van der Waals surface area contributed by atoms with Crippen LogP contribution in [0.4, 0.5) is 0 Å². The fourth-order valence-electron chi connectivity index (χ4n) is 2.62. The average Bonchev–Trinajstić information content (AvgIpc) is 2.97. The predicted molar refractivity (Wildman–Crippen MR) is 105 cm³/mol. The van der Waals surface area contributed by atoms with Crippen LogP contribution in [0, 0.1) is 0 Å². The molecule has 0 radical (unpaired) electrons. The summed E-state index contributed by atoms with van der Waals surface area (Å²) in [5.74, 6) is 0.639. The minimum absolute atomic E-state index is 0.371. The van der Waals surface area contributed by atoms with Gasteiger partial charge in [-0.15, -0.1) is 0 Å². The summed E-state index contributed by atoms with van der Waals surface area (Å²) in [4.78, 5) is 10.2. The summed E-state index contributed by atoms with van der Waals surface area (Å²) < 4.78 is 9.03. The molecule has 26 heavy (non-hydrogen) atoms. The number of nitrogens with zero attached hydrogens (tertiary/aromatic N) is 3. The first-order chi connectivity index (χ1) is 12.4. The Labute approximate surface area is 159 Å².